The summed E-state index contributed by atoms with van der Waals surface area (Å²) in [6, 6.07) is 6.02. The van der Waals surface area contributed by atoms with Crippen LogP contribution in [0.3, 0.4) is 0 Å². The predicted molar refractivity (Wildman–Crippen MR) is 88.3 cm³/mol. The minimum atomic E-state index is -4.78. The third kappa shape index (κ3) is 7.29. The SMILES string of the molecule is N#C/C(F)=C/CCC1CCC(OC(=O)c2ccc(OC(F)(F)F)cc2)CC1. The number of esters is 1. The molecule has 0 saturated heterocycles. The molecule has 1 fully saturated rings. The van der Waals surface area contributed by atoms with E-state index in [2.05, 4.69) is 4.74 Å². The summed E-state index contributed by atoms with van der Waals surface area (Å²) in [5, 5.41) is 8.35. The summed E-state index contributed by atoms with van der Waals surface area (Å²) in [7, 11) is 0. The number of carbonyl (C=O) groups excluding carboxylic acids is 1. The van der Waals surface area contributed by atoms with Crippen molar-refractivity contribution >= 4 is 5.97 Å². The summed E-state index contributed by atoms with van der Waals surface area (Å²) in [6.07, 6.45) is 0.543. The number of carbonyl (C=O) groups is 1. The minimum absolute atomic E-state index is 0.156. The third-order valence-corrected chi connectivity index (χ3v) is 4.40. The Kier molecular flexibility index (Phi) is 7.22. The molecule has 0 bridgehead atoms. The van der Waals surface area contributed by atoms with Crippen LogP contribution in [0.2, 0.25) is 0 Å². The van der Waals surface area contributed by atoms with E-state index in [0.29, 0.717) is 25.2 Å². The van der Waals surface area contributed by atoms with Gasteiger partial charge in [0, 0.05) is 0 Å². The zero-order valence-electron chi connectivity index (χ0n) is 14.5. The number of halogens is 4. The molecule has 0 unspecified atom stereocenters. The average Bonchev–Trinajstić information content (AvgIpc) is 2.62. The number of allylic oxidation sites excluding steroid dienone is 2. The smallest absolute Gasteiger partial charge is 0.459 e. The summed E-state index contributed by atoms with van der Waals surface area (Å²) in [5.74, 6) is -1.37. The number of rotatable bonds is 6. The van der Waals surface area contributed by atoms with E-state index in [9.17, 15) is 22.4 Å². The van der Waals surface area contributed by atoms with E-state index in [1.165, 1.54) is 24.3 Å². The fraction of sp³-hybridized carbons (Fsp3) is 0.474. The van der Waals surface area contributed by atoms with Gasteiger partial charge in [-0.3, -0.25) is 0 Å². The third-order valence-electron chi connectivity index (χ3n) is 4.40. The van der Waals surface area contributed by atoms with Crippen molar-refractivity contribution in [1.29, 1.82) is 5.26 Å². The molecule has 0 aromatic heterocycles. The molecule has 0 N–H and O–H groups in total. The second-order valence-corrected chi connectivity index (χ2v) is 6.36. The number of hydrogen-bond donors (Lipinski definition) is 0. The Labute approximate surface area is 154 Å². The Morgan fingerprint density at radius 2 is 1.81 bits per heavy atom. The standard InChI is InChI=1S/C19H19F4NO3/c20-15(12-24)3-1-2-13-4-8-16(9-5-13)26-18(25)14-6-10-17(11-7-14)27-19(21,22)23/h3,6-7,10-11,13,16H,1-2,4-5,8-9H2/b15-3-. The van der Waals surface area contributed by atoms with Crippen molar-refractivity contribution in [2.24, 2.45) is 5.92 Å². The van der Waals surface area contributed by atoms with Crippen LogP contribution in [0, 0.1) is 17.2 Å². The molecule has 2 rings (SSSR count). The maximum absolute atomic E-state index is 12.7. The quantitative estimate of drug-likeness (QED) is 0.371. The summed E-state index contributed by atoms with van der Waals surface area (Å²) < 4.78 is 58.3. The molecule has 8 heteroatoms. The highest BCUT2D eigenvalue weighted by molar-refractivity contribution is 5.89. The van der Waals surface area contributed by atoms with E-state index in [4.69, 9.17) is 10.00 Å². The number of nitriles is 1. The van der Waals surface area contributed by atoms with Crippen LogP contribution in [0.5, 0.6) is 5.75 Å². The fourth-order valence-corrected chi connectivity index (χ4v) is 3.04. The highest BCUT2D eigenvalue weighted by Crippen LogP contribution is 2.30. The van der Waals surface area contributed by atoms with Gasteiger partial charge in [0.05, 0.1) is 5.56 Å². The lowest BCUT2D eigenvalue weighted by Gasteiger charge is -2.28. The molecular formula is C19H19F4NO3. The lowest BCUT2D eigenvalue weighted by atomic mass is 9.84. The maximum atomic E-state index is 12.7. The Hall–Kier alpha value is -2.56. The highest BCUT2D eigenvalue weighted by Gasteiger charge is 2.31. The minimum Gasteiger partial charge on any atom is -0.459 e. The first-order chi connectivity index (χ1) is 12.8. The van der Waals surface area contributed by atoms with Crippen molar-refractivity contribution in [2.45, 2.75) is 51.0 Å². The molecule has 1 aliphatic carbocycles. The second kappa shape index (κ2) is 9.40. The van der Waals surface area contributed by atoms with Gasteiger partial charge in [-0.25, -0.2) is 4.79 Å². The van der Waals surface area contributed by atoms with E-state index >= 15 is 0 Å². The zero-order valence-corrected chi connectivity index (χ0v) is 14.5. The van der Waals surface area contributed by atoms with E-state index in [1.807, 2.05) is 0 Å². The monoisotopic (exact) mass is 385 g/mol. The normalized spacial score (nSPS) is 20.6. The Morgan fingerprint density at radius 1 is 1.19 bits per heavy atom. The van der Waals surface area contributed by atoms with Gasteiger partial charge in [0.25, 0.3) is 0 Å². The molecule has 1 aliphatic rings. The van der Waals surface area contributed by atoms with Gasteiger partial charge in [0.1, 0.15) is 17.9 Å². The Balaban J connectivity index is 1.76. The van der Waals surface area contributed by atoms with Gasteiger partial charge in [-0.15, -0.1) is 13.2 Å². The van der Waals surface area contributed by atoms with Crippen LogP contribution in [-0.2, 0) is 4.74 Å². The van der Waals surface area contributed by atoms with E-state index in [1.54, 1.807) is 0 Å². The second-order valence-electron chi connectivity index (χ2n) is 6.36. The van der Waals surface area contributed by atoms with Crippen LogP contribution in [0.15, 0.2) is 36.2 Å². The molecule has 4 nitrogen and oxygen atoms in total. The Morgan fingerprint density at radius 3 is 2.37 bits per heavy atom. The molecule has 1 aromatic carbocycles. The largest absolute Gasteiger partial charge is 0.573 e. The van der Waals surface area contributed by atoms with Crippen LogP contribution in [0.25, 0.3) is 0 Å². The molecule has 0 spiro atoms. The molecule has 0 atom stereocenters. The van der Waals surface area contributed by atoms with Crippen LogP contribution < -0.4 is 4.74 Å². The molecule has 0 aliphatic heterocycles. The average molecular weight is 385 g/mol. The maximum Gasteiger partial charge on any atom is 0.573 e. The highest BCUT2D eigenvalue weighted by atomic mass is 19.4. The summed E-state index contributed by atoms with van der Waals surface area (Å²) >= 11 is 0. The Bertz CT molecular complexity index is 699. The molecule has 0 amide bonds. The van der Waals surface area contributed by atoms with Gasteiger partial charge in [-0.2, -0.15) is 9.65 Å². The first-order valence-corrected chi connectivity index (χ1v) is 8.59. The van der Waals surface area contributed by atoms with Crippen molar-refractivity contribution in [3.05, 3.63) is 41.7 Å². The topological polar surface area (TPSA) is 59.3 Å². The van der Waals surface area contributed by atoms with Gasteiger partial charge in [-0.05, 0) is 74.8 Å². The molecule has 0 heterocycles. The summed E-state index contributed by atoms with van der Waals surface area (Å²) in [4.78, 5) is 12.1. The first kappa shape index (κ1) is 20.7. The molecule has 27 heavy (non-hydrogen) atoms. The van der Waals surface area contributed by atoms with Crippen molar-refractivity contribution < 1.29 is 31.8 Å². The van der Waals surface area contributed by atoms with Gasteiger partial charge in [0.2, 0.25) is 0 Å². The van der Waals surface area contributed by atoms with Crippen LogP contribution in [-0.4, -0.2) is 18.4 Å². The predicted octanol–water partition coefficient (Wildman–Crippen LogP) is 5.46. The van der Waals surface area contributed by atoms with Crippen molar-refractivity contribution in [1.82, 2.24) is 0 Å². The number of alkyl halides is 3. The number of hydrogen-bond acceptors (Lipinski definition) is 4. The molecule has 1 aromatic rings. The molecule has 146 valence electrons. The number of benzene rings is 1. The van der Waals surface area contributed by atoms with Crippen molar-refractivity contribution in [2.75, 3.05) is 0 Å². The van der Waals surface area contributed by atoms with Gasteiger partial charge < -0.3 is 9.47 Å². The molecular weight excluding hydrogens is 366 g/mol. The lowest BCUT2D eigenvalue weighted by molar-refractivity contribution is -0.274. The molecule has 1 saturated carbocycles. The van der Waals surface area contributed by atoms with Crippen molar-refractivity contribution in [3.63, 3.8) is 0 Å². The van der Waals surface area contributed by atoms with Gasteiger partial charge in [0.15, 0.2) is 5.83 Å². The van der Waals surface area contributed by atoms with Crippen LogP contribution in [0.1, 0.15) is 48.9 Å². The van der Waals surface area contributed by atoms with Gasteiger partial charge >= 0.3 is 12.3 Å². The summed E-state index contributed by atoms with van der Waals surface area (Å²) in [6.45, 7) is 0. The fourth-order valence-electron chi connectivity index (χ4n) is 3.04. The number of nitrogens with zero attached hydrogens (tertiary/aromatic N) is 1. The number of ether oxygens (including phenoxy) is 2. The van der Waals surface area contributed by atoms with Gasteiger partial charge in [-0.1, -0.05) is 0 Å². The van der Waals surface area contributed by atoms with E-state index < -0.39 is 23.9 Å². The molecule has 0 radical (unpaired) electrons. The van der Waals surface area contributed by atoms with E-state index in [-0.39, 0.29) is 11.7 Å². The van der Waals surface area contributed by atoms with E-state index in [0.717, 1.165) is 31.4 Å². The lowest BCUT2D eigenvalue weighted by Crippen LogP contribution is -2.24. The van der Waals surface area contributed by atoms with Crippen LogP contribution in [0.4, 0.5) is 17.6 Å². The van der Waals surface area contributed by atoms with Crippen LogP contribution >= 0.6 is 0 Å². The zero-order chi connectivity index (χ0) is 19.9. The van der Waals surface area contributed by atoms with Crippen molar-refractivity contribution in [3.8, 4) is 11.8 Å². The first-order valence-electron chi connectivity index (χ1n) is 8.59. The summed E-state index contributed by atoms with van der Waals surface area (Å²) in [5.41, 5.74) is 0.156.